The number of allylic oxidation sites excluding steroid dienone is 3. The van der Waals surface area contributed by atoms with Gasteiger partial charge in [0.25, 0.3) is 0 Å². The van der Waals surface area contributed by atoms with Crippen LogP contribution in [-0.4, -0.2) is 17.0 Å². The molecule has 0 spiro atoms. The number of rotatable bonds is 0. The number of hydrogen-bond acceptors (Lipinski definition) is 2. The number of carbonyl (C=O) groups is 1. The predicted molar refractivity (Wildman–Crippen MR) is 82.7 cm³/mol. The lowest BCUT2D eigenvalue weighted by Crippen LogP contribution is -2.46. The van der Waals surface area contributed by atoms with E-state index < -0.39 is 0 Å². The van der Waals surface area contributed by atoms with Crippen LogP contribution in [0.2, 0.25) is 0 Å². The zero-order valence-electron chi connectivity index (χ0n) is 13.2. The number of ketones is 1. The van der Waals surface area contributed by atoms with E-state index >= 15 is 0 Å². The maximum absolute atomic E-state index is 12.3. The van der Waals surface area contributed by atoms with Crippen LogP contribution >= 0.6 is 0 Å². The van der Waals surface area contributed by atoms with Crippen LogP contribution in [0.15, 0.2) is 23.3 Å². The molecule has 5 atom stereocenters. The maximum Gasteiger partial charge on any atom is 0.139 e. The highest BCUT2D eigenvalue weighted by Crippen LogP contribution is 2.62. The second-order valence-electron chi connectivity index (χ2n) is 8.20. The average molecular weight is 286 g/mol. The number of carbonyl (C=O) groups excluding carboxylic acids is 1. The van der Waals surface area contributed by atoms with Gasteiger partial charge in [-0.2, -0.15) is 0 Å². The molecule has 0 saturated heterocycles. The molecular weight excluding hydrogens is 260 g/mol. The second kappa shape index (κ2) is 4.32. The first-order chi connectivity index (χ1) is 9.95. The van der Waals surface area contributed by atoms with E-state index in [9.17, 15) is 9.90 Å². The van der Waals surface area contributed by atoms with Gasteiger partial charge in [0.05, 0.1) is 6.10 Å². The van der Waals surface area contributed by atoms with E-state index in [0.29, 0.717) is 17.6 Å². The Balaban J connectivity index is 1.75. The van der Waals surface area contributed by atoms with Crippen molar-refractivity contribution in [2.24, 2.45) is 22.7 Å². The molecule has 3 saturated carbocycles. The van der Waals surface area contributed by atoms with Crippen molar-refractivity contribution in [1.29, 1.82) is 0 Å². The number of aliphatic hydroxyl groups excluding tert-OH is 1. The molecule has 0 unspecified atom stereocenters. The molecule has 2 heteroatoms. The molecule has 0 aromatic rings. The van der Waals surface area contributed by atoms with Crippen molar-refractivity contribution in [3.8, 4) is 0 Å². The van der Waals surface area contributed by atoms with Crippen LogP contribution in [-0.2, 0) is 4.79 Å². The summed E-state index contributed by atoms with van der Waals surface area (Å²) in [5, 5.41) is 9.98. The van der Waals surface area contributed by atoms with Crippen molar-refractivity contribution in [1.82, 2.24) is 0 Å². The van der Waals surface area contributed by atoms with Crippen LogP contribution < -0.4 is 0 Å². The third-order valence-corrected chi connectivity index (χ3v) is 7.26. The Kier molecular flexibility index (Phi) is 2.83. The van der Waals surface area contributed by atoms with Crippen molar-refractivity contribution < 1.29 is 9.90 Å². The first-order valence-electron chi connectivity index (χ1n) is 8.57. The monoisotopic (exact) mass is 286 g/mol. The molecule has 4 rings (SSSR count). The minimum Gasteiger partial charge on any atom is -0.393 e. The molecule has 0 aromatic carbocycles. The molecule has 0 aromatic heterocycles. The van der Waals surface area contributed by atoms with Crippen LogP contribution in [0.1, 0.15) is 58.8 Å². The Labute approximate surface area is 127 Å². The van der Waals surface area contributed by atoms with E-state index in [0.717, 1.165) is 44.9 Å². The summed E-state index contributed by atoms with van der Waals surface area (Å²) in [5.41, 5.74) is 3.15. The molecule has 0 aliphatic heterocycles. The van der Waals surface area contributed by atoms with Gasteiger partial charge in [-0.25, -0.2) is 0 Å². The van der Waals surface area contributed by atoms with Gasteiger partial charge in [-0.15, -0.1) is 0 Å². The van der Waals surface area contributed by atoms with Gasteiger partial charge in [0, 0.05) is 11.8 Å². The van der Waals surface area contributed by atoms with Gasteiger partial charge in [-0.1, -0.05) is 37.1 Å². The Bertz CT molecular complexity index is 558. The zero-order chi connectivity index (χ0) is 14.8. The maximum atomic E-state index is 12.3. The summed E-state index contributed by atoms with van der Waals surface area (Å²) in [6.07, 6.45) is 11.4. The normalized spacial score (nSPS) is 48.9. The second-order valence-corrected chi connectivity index (χ2v) is 8.20. The van der Waals surface area contributed by atoms with Gasteiger partial charge < -0.3 is 5.11 Å². The molecule has 114 valence electrons. The Morgan fingerprint density at radius 3 is 2.57 bits per heavy atom. The van der Waals surface area contributed by atoms with Crippen LogP contribution in [0.4, 0.5) is 0 Å². The van der Waals surface area contributed by atoms with Gasteiger partial charge in [-0.3, -0.25) is 4.79 Å². The highest BCUT2D eigenvalue weighted by atomic mass is 16.3. The lowest BCUT2D eigenvalue weighted by atomic mass is 9.51. The average Bonchev–Trinajstić information content (AvgIpc) is 2.76. The molecule has 1 N–H and O–H groups in total. The number of hydrogen-bond donors (Lipinski definition) is 1. The van der Waals surface area contributed by atoms with E-state index in [1.54, 1.807) is 5.57 Å². The summed E-state index contributed by atoms with van der Waals surface area (Å²) >= 11 is 0. The Morgan fingerprint density at radius 1 is 1.05 bits per heavy atom. The Hall–Kier alpha value is -0.890. The first-order valence-corrected chi connectivity index (χ1v) is 8.57. The molecule has 3 fully saturated rings. The van der Waals surface area contributed by atoms with Crippen LogP contribution in [0.3, 0.4) is 0 Å². The van der Waals surface area contributed by atoms with Gasteiger partial charge in [0.2, 0.25) is 0 Å². The zero-order valence-corrected chi connectivity index (χ0v) is 13.2. The van der Waals surface area contributed by atoms with E-state index in [1.807, 2.05) is 0 Å². The fourth-order valence-corrected chi connectivity index (χ4v) is 5.76. The summed E-state index contributed by atoms with van der Waals surface area (Å²) in [6.45, 7) is 4.61. The number of Topliss-reactive ketones (excluding diaryl/α,β-unsaturated/α-hetero) is 1. The van der Waals surface area contributed by atoms with Crippen molar-refractivity contribution in [2.45, 2.75) is 64.9 Å². The minimum absolute atomic E-state index is 0.0851. The van der Waals surface area contributed by atoms with E-state index in [2.05, 4.69) is 26.0 Å². The summed E-state index contributed by atoms with van der Waals surface area (Å²) in [4.78, 5) is 12.3. The largest absolute Gasteiger partial charge is 0.393 e. The fraction of sp³-hybridized carbons (Fsp3) is 0.737. The van der Waals surface area contributed by atoms with E-state index in [4.69, 9.17) is 0 Å². The third-order valence-electron chi connectivity index (χ3n) is 7.26. The summed E-state index contributed by atoms with van der Waals surface area (Å²) < 4.78 is 0. The standard InChI is InChI=1S/C19H26O2/c1-18-9-7-13(20)11-12(18)3-4-14-15-5-6-17(21)19(15,2)10-8-16(14)18/h3-4,13,15-16,20H,5-11H2,1-2H3/t13-,15-,16-,18-,19+/m1/s1. The summed E-state index contributed by atoms with van der Waals surface area (Å²) in [5.74, 6) is 1.57. The highest BCUT2D eigenvalue weighted by Gasteiger charge is 2.56. The minimum atomic E-state index is -0.152. The van der Waals surface area contributed by atoms with E-state index in [-0.39, 0.29) is 16.9 Å². The SMILES string of the molecule is C[C@]12CC[C@@H]3C(=CC=C4C[C@H](O)CC[C@]43C)[C@H]1CCC2=O. The fourth-order valence-electron chi connectivity index (χ4n) is 5.76. The lowest BCUT2D eigenvalue weighted by Gasteiger charge is -2.53. The summed E-state index contributed by atoms with van der Waals surface area (Å²) in [6, 6.07) is 0. The molecule has 21 heavy (non-hydrogen) atoms. The molecule has 4 aliphatic carbocycles. The summed E-state index contributed by atoms with van der Waals surface area (Å²) in [7, 11) is 0. The number of fused-ring (bicyclic) bond motifs is 5. The molecule has 0 radical (unpaired) electrons. The topological polar surface area (TPSA) is 37.3 Å². The molecule has 2 nitrogen and oxygen atoms in total. The molecule has 0 heterocycles. The van der Waals surface area contributed by atoms with E-state index in [1.165, 1.54) is 5.57 Å². The van der Waals surface area contributed by atoms with Crippen molar-refractivity contribution >= 4 is 5.78 Å². The molecule has 0 amide bonds. The smallest absolute Gasteiger partial charge is 0.139 e. The van der Waals surface area contributed by atoms with Crippen molar-refractivity contribution in [2.75, 3.05) is 0 Å². The third kappa shape index (κ3) is 1.72. The van der Waals surface area contributed by atoms with Gasteiger partial charge >= 0.3 is 0 Å². The van der Waals surface area contributed by atoms with Gasteiger partial charge in [-0.05, 0) is 55.8 Å². The van der Waals surface area contributed by atoms with Crippen LogP contribution in [0, 0.1) is 22.7 Å². The Morgan fingerprint density at radius 2 is 1.76 bits per heavy atom. The molecule has 4 aliphatic rings. The van der Waals surface area contributed by atoms with Gasteiger partial charge in [0.15, 0.2) is 0 Å². The van der Waals surface area contributed by atoms with Crippen molar-refractivity contribution in [3.63, 3.8) is 0 Å². The molecular formula is C19H26O2. The quantitative estimate of drug-likeness (QED) is 0.735. The number of aliphatic hydroxyl groups is 1. The van der Waals surface area contributed by atoms with Crippen LogP contribution in [0.5, 0.6) is 0 Å². The predicted octanol–water partition coefficient (Wildman–Crippen LogP) is 3.80. The molecule has 0 bridgehead atoms. The highest BCUT2D eigenvalue weighted by molar-refractivity contribution is 5.88. The van der Waals surface area contributed by atoms with Gasteiger partial charge in [0.1, 0.15) is 5.78 Å². The lowest BCUT2D eigenvalue weighted by molar-refractivity contribution is -0.127. The van der Waals surface area contributed by atoms with Crippen LogP contribution in [0.25, 0.3) is 0 Å². The van der Waals surface area contributed by atoms with Crippen molar-refractivity contribution in [3.05, 3.63) is 23.3 Å². The first kappa shape index (κ1) is 13.8.